The number of aryl methyl sites for hydroxylation is 1. The second-order valence-corrected chi connectivity index (χ2v) is 6.28. The summed E-state index contributed by atoms with van der Waals surface area (Å²) < 4.78 is 5.87. The third-order valence-electron chi connectivity index (χ3n) is 4.06. The fourth-order valence-electron chi connectivity index (χ4n) is 2.78. The molecule has 0 atom stereocenters. The highest BCUT2D eigenvalue weighted by Crippen LogP contribution is 2.19. The fraction of sp³-hybridized carbons (Fsp3) is 0.429. The lowest BCUT2D eigenvalue weighted by atomic mass is 10.1. The average molecular weight is 355 g/mol. The van der Waals surface area contributed by atoms with Gasteiger partial charge in [0, 0.05) is 43.3 Å². The smallest absolute Gasteiger partial charge is 0.253 e. The van der Waals surface area contributed by atoms with E-state index in [0.717, 1.165) is 49.5 Å². The SMILES string of the molecule is CCCN(CC)C(=O)c1cc(C)cc(OCCCNc2ccncc2)c1. The zero-order valence-corrected chi connectivity index (χ0v) is 16.0. The molecule has 0 fully saturated rings. The van der Waals surface area contributed by atoms with Crippen LogP contribution in [0.15, 0.2) is 42.7 Å². The molecule has 0 spiro atoms. The summed E-state index contributed by atoms with van der Waals surface area (Å²) >= 11 is 0. The van der Waals surface area contributed by atoms with Crippen molar-refractivity contribution in [3.8, 4) is 5.75 Å². The number of amides is 1. The van der Waals surface area contributed by atoms with Gasteiger partial charge in [0.1, 0.15) is 5.75 Å². The molecule has 5 nitrogen and oxygen atoms in total. The third kappa shape index (κ3) is 6.06. The minimum Gasteiger partial charge on any atom is -0.493 e. The van der Waals surface area contributed by atoms with E-state index in [9.17, 15) is 4.79 Å². The van der Waals surface area contributed by atoms with Crippen LogP contribution in [0.1, 0.15) is 42.6 Å². The number of hydrogen-bond donors (Lipinski definition) is 1. The predicted molar refractivity (Wildman–Crippen MR) is 106 cm³/mol. The first-order valence-corrected chi connectivity index (χ1v) is 9.31. The highest BCUT2D eigenvalue weighted by atomic mass is 16.5. The predicted octanol–water partition coefficient (Wildman–Crippen LogP) is 4.14. The molecular weight excluding hydrogens is 326 g/mol. The van der Waals surface area contributed by atoms with Crippen LogP contribution >= 0.6 is 0 Å². The quantitative estimate of drug-likeness (QED) is 0.651. The van der Waals surface area contributed by atoms with Gasteiger partial charge in [-0.3, -0.25) is 9.78 Å². The molecule has 0 saturated carbocycles. The van der Waals surface area contributed by atoms with Crippen LogP contribution in [0.3, 0.4) is 0 Å². The van der Waals surface area contributed by atoms with E-state index >= 15 is 0 Å². The topological polar surface area (TPSA) is 54.5 Å². The minimum atomic E-state index is 0.0715. The molecule has 0 saturated heterocycles. The maximum absolute atomic E-state index is 12.7. The van der Waals surface area contributed by atoms with Crippen molar-refractivity contribution in [3.63, 3.8) is 0 Å². The van der Waals surface area contributed by atoms with Crippen molar-refractivity contribution >= 4 is 11.6 Å². The highest BCUT2D eigenvalue weighted by molar-refractivity contribution is 5.94. The molecule has 2 rings (SSSR count). The van der Waals surface area contributed by atoms with Crippen LogP contribution < -0.4 is 10.1 Å². The first kappa shape index (κ1) is 19.8. The Morgan fingerprint density at radius 1 is 1.19 bits per heavy atom. The van der Waals surface area contributed by atoms with Gasteiger partial charge in [-0.2, -0.15) is 0 Å². The summed E-state index contributed by atoms with van der Waals surface area (Å²) in [6.45, 7) is 9.00. The minimum absolute atomic E-state index is 0.0715. The number of anilines is 1. The Balaban J connectivity index is 1.87. The van der Waals surface area contributed by atoms with E-state index in [1.807, 2.05) is 49.1 Å². The second-order valence-electron chi connectivity index (χ2n) is 6.28. The number of hydrogen-bond acceptors (Lipinski definition) is 4. The lowest BCUT2D eigenvalue weighted by molar-refractivity contribution is 0.0764. The number of carbonyl (C=O) groups is 1. The molecule has 5 heteroatoms. The molecule has 1 amide bonds. The van der Waals surface area contributed by atoms with E-state index < -0.39 is 0 Å². The maximum atomic E-state index is 12.7. The Labute approximate surface area is 156 Å². The molecule has 2 aromatic rings. The summed E-state index contributed by atoms with van der Waals surface area (Å²) in [6.07, 6.45) is 5.36. The van der Waals surface area contributed by atoms with Gasteiger partial charge in [0.05, 0.1) is 6.61 Å². The van der Waals surface area contributed by atoms with Gasteiger partial charge in [-0.15, -0.1) is 0 Å². The van der Waals surface area contributed by atoms with Crippen LogP contribution in [-0.4, -0.2) is 42.0 Å². The van der Waals surface area contributed by atoms with E-state index in [1.165, 1.54) is 0 Å². The lowest BCUT2D eigenvalue weighted by Gasteiger charge is -2.20. The van der Waals surface area contributed by atoms with Gasteiger partial charge in [0.25, 0.3) is 5.91 Å². The zero-order valence-electron chi connectivity index (χ0n) is 16.0. The Morgan fingerprint density at radius 3 is 2.65 bits per heavy atom. The molecule has 26 heavy (non-hydrogen) atoms. The molecule has 0 radical (unpaired) electrons. The Kier molecular flexibility index (Phi) is 7.93. The molecule has 140 valence electrons. The first-order chi connectivity index (χ1) is 12.6. The molecular formula is C21H29N3O2. The molecule has 0 bridgehead atoms. The van der Waals surface area contributed by atoms with Crippen molar-refractivity contribution in [2.45, 2.75) is 33.6 Å². The number of pyridine rings is 1. The van der Waals surface area contributed by atoms with Crippen molar-refractivity contribution in [2.75, 3.05) is 31.6 Å². The summed E-state index contributed by atoms with van der Waals surface area (Å²) in [5.74, 6) is 0.826. The summed E-state index contributed by atoms with van der Waals surface area (Å²) in [5, 5.41) is 3.33. The number of nitrogens with zero attached hydrogens (tertiary/aromatic N) is 2. The van der Waals surface area contributed by atoms with Crippen LogP contribution in [-0.2, 0) is 0 Å². The zero-order chi connectivity index (χ0) is 18.8. The van der Waals surface area contributed by atoms with E-state index in [0.29, 0.717) is 12.2 Å². The molecule has 1 aromatic heterocycles. The number of nitrogens with one attached hydrogen (secondary N) is 1. The van der Waals surface area contributed by atoms with Gasteiger partial charge in [0.15, 0.2) is 0 Å². The Bertz CT molecular complexity index is 689. The summed E-state index contributed by atoms with van der Waals surface area (Å²) in [4.78, 5) is 18.5. The van der Waals surface area contributed by atoms with E-state index in [2.05, 4.69) is 17.2 Å². The number of ether oxygens (including phenoxy) is 1. The highest BCUT2D eigenvalue weighted by Gasteiger charge is 2.14. The van der Waals surface area contributed by atoms with Crippen LogP contribution in [0, 0.1) is 6.92 Å². The van der Waals surface area contributed by atoms with Crippen molar-refractivity contribution < 1.29 is 9.53 Å². The Hall–Kier alpha value is -2.56. The number of rotatable bonds is 10. The average Bonchev–Trinajstić information content (AvgIpc) is 2.65. The Morgan fingerprint density at radius 2 is 1.96 bits per heavy atom. The van der Waals surface area contributed by atoms with E-state index in [4.69, 9.17) is 4.74 Å². The maximum Gasteiger partial charge on any atom is 0.253 e. The first-order valence-electron chi connectivity index (χ1n) is 9.31. The molecule has 1 aromatic carbocycles. The number of benzene rings is 1. The van der Waals surface area contributed by atoms with Gasteiger partial charge in [0.2, 0.25) is 0 Å². The van der Waals surface area contributed by atoms with Gasteiger partial charge in [-0.1, -0.05) is 6.92 Å². The van der Waals surface area contributed by atoms with Gasteiger partial charge in [-0.05, 0) is 62.6 Å². The second kappa shape index (κ2) is 10.4. The van der Waals surface area contributed by atoms with Crippen LogP contribution in [0.25, 0.3) is 0 Å². The third-order valence-corrected chi connectivity index (χ3v) is 4.06. The number of aromatic nitrogens is 1. The van der Waals surface area contributed by atoms with Crippen LogP contribution in [0.2, 0.25) is 0 Å². The van der Waals surface area contributed by atoms with Gasteiger partial charge >= 0.3 is 0 Å². The molecule has 1 heterocycles. The van der Waals surface area contributed by atoms with E-state index in [-0.39, 0.29) is 5.91 Å². The fourth-order valence-corrected chi connectivity index (χ4v) is 2.78. The van der Waals surface area contributed by atoms with Crippen molar-refractivity contribution in [2.24, 2.45) is 0 Å². The van der Waals surface area contributed by atoms with Crippen molar-refractivity contribution in [1.29, 1.82) is 0 Å². The molecule has 0 aliphatic heterocycles. The van der Waals surface area contributed by atoms with Crippen molar-refractivity contribution in [1.82, 2.24) is 9.88 Å². The van der Waals surface area contributed by atoms with E-state index in [1.54, 1.807) is 12.4 Å². The molecule has 0 aliphatic carbocycles. The van der Waals surface area contributed by atoms with Crippen LogP contribution in [0.4, 0.5) is 5.69 Å². The largest absolute Gasteiger partial charge is 0.493 e. The number of carbonyl (C=O) groups excluding carboxylic acids is 1. The van der Waals surface area contributed by atoms with Gasteiger partial charge in [-0.25, -0.2) is 0 Å². The summed E-state index contributed by atoms with van der Waals surface area (Å²) in [7, 11) is 0. The van der Waals surface area contributed by atoms with Crippen LogP contribution in [0.5, 0.6) is 5.75 Å². The molecule has 1 N–H and O–H groups in total. The standard InChI is InChI=1S/C21H29N3O2/c1-4-12-24(5-2)21(25)18-14-17(3)15-20(16-18)26-13-6-9-23-19-7-10-22-11-8-19/h7-8,10-11,14-16H,4-6,9,12-13H2,1-3H3,(H,22,23). The molecule has 0 unspecified atom stereocenters. The summed E-state index contributed by atoms with van der Waals surface area (Å²) in [6, 6.07) is 9.63. The lowest BCUT2D eigenvalue weighted by Crippen LogP contribution is -2.31. The monoisotopic (exact) mass is 355 g/mol. The molecule has 0 aliphatic rings. The van der Waals surface area contributed by atoms with Crippen molar-refractivity contribution in [3.05, 3.63) is 53.9 Å². The van der Waals surface area contributed by atoms with Gasteiger partial charge < -0.3 is 15.0 Å². The normalized spacial score (nSPS) is 10.4. The summed E-state index contributed by atoms with van der Waals surface area (Å²) in [5.41, 5.74) is 2.79.